The lowest BCUT2D eigenvalue weighted by atomic mass is 9.96. The molecule has 0 aliphatic heterocycles. The van der Waals surface area contributed by atoms with Gasteiger partial charge in [-0.3, -0.25) is 0 Å². The maximum Gasteiger partial charge on any atom is 0.171 e. The molecule has 0 radical (unpaired) electrons. The van der Waals surface area contributed by atoms with Gasteiger partial charge in [0, 0.05) is 23.2 Å². The van der Waals surface area contributed by atoms with E-state index in [1.54, 1.807) is 11.3 Å². The molecule has 0 unspecified atom stereocenters. The molecular weight excluding hydrogens is 278 g/mol. The summed E-state index contributed by atoms with van der Waals surface area (Å²) in [6.07, 6.45) is 4.60. The zero-order valence-corrected chi connectivity index (χ0v) is 12.4. The summed E-state index contributed by atoms with van der Waals surface area (Å²) < 4.78 is 0. The fraction of sp³-hybridized carbons (Fsp3) is 0.429. The Labute approximate surface area is 122 Å². The molecule has 0 spiro atoms. The quantitative estimate of drug-likeness (QED) is 0.923. The Balaban J connectivity index is 2.08. The maximum absolute atomic E-state index is 5.99. The molecule has 0 saturated carbocycles. The molecule has 0 amide bonds. The normalized spacial score (nSPS) is 14.2. The SMILES string of the molecule is CCNc1nc(-c2cc(Cl)cs2)nc2c1CCCC2. The number of hydrogen-bond acceptors (Lipinski definition) is 4. The highest BCUT2D eigenvalue weighted by molar-refractivity contribution is 7.14. The lowest BCUT2D eigenvalue weighted by Gasteiger charge is -2.19. The molecule has 0 fully saturated rings. The van der Waals surface area contributed by atoms with Crippen LogP contribution in [0.1, 0.15) is 31.0 Å². The van der Waals surface area contributed by atoms with Gasteiger partial charge in [-0.15, -0.1) is 11.3 Å². The fourth-order valence-corrected chi connectivity index (χ4v) is 3.45. The van der Waals surface area contributed by atoms with E-state index in [9.17, 15) is 0 Å². The van der Waals surface area contributed by atoms with Crippen LogP contribution in [0.5, 0.6) is 0 Å². The number of rotatable bonds is 3. The summed E-state index contributed by atoms with van der Waals surface area (Å²) in [6.45, 7) is 2.98. The third kappa shape index (κ3) is 2.60. The molecule has 1 aliphatic carbocycles. The summed E-state index contributed by atoms with van der Waals surface area (Å²) in [5.74, 6) is 1.81. The molecule has 2 heterocycles. The van der Waals surface area contributed by atoms with Crippen LogP contribution < -0.4 is 5.32 Å². The zero-order valence-electron chi connectivity index (χ0n) is 10.9. The van der Waals surface area contributed by atoms with Crippen LogP contribution >= 0.6 is 22.9 Å². The molecule has 0 aromatic carbocycles. The molecule has 3 nitrogen and oxygen atoms in total. The average molecular weight is 294 g/mol. The Morgan fingerprint density at radius 3 is 2.89 bits per heavy atom. The summed E-state index contributed by atoms with van der Waals surface area (Å²) in [6, 6.07) is 1.94. The molecule has 0 bridgehead atoms. The van der Waals surface area contributed by atoms with E-state index in [0.29, 0.717) is 0 Å². The second-order valence-corrected chi connectivity index (χ2v) is 6.04. The zero-order chi connectivity index (χ0) is 13.2. The van der Waals surface area contributed by atoms with E-state index >= 15 is 0 Å². The summed E-state index contributed by atoms with van der Waals surface area (Å²) in [5, 5.41) is 6.05. The number of anilines is 1. The second kappa shape index (κ2) is 5.47. The van der Waals surface area contributed by atoms with Gasteiger partial charge in [0.2, 0.25) is 0 Å². The fourth-order valence-electron chi connectivity index (χ4n) is 2.45. The van der Waals surface area contributed by atoms with Crippen molar-refractivity contribution in [3.8, 4) is 10.7 Å². The molecule has 100 valence electrons. The summed E-state index contributed by atoms with van der Waals surface area (Å²) in [5.41, 5.74) is 2.51. The van der Waals surface area contributed by atoms with Gasteiger partial charge in [0.05, 0.1) is 9.90 Å². The maximum atomic E-state index is 5.99. The minimum atomic E-state index is 0.756. The molecule has 2 aromatic rings. The first-order valence-corrected chi connectivity index (χ1v) is 7.91. The summed E-state index contributed by atoms with van der Waals surface area (Å²) in [4.78, 5) is 10.5. The number of aryl methyl sites for hydroxylation is 1. The van der Waals surface area contributed by atoms with Crippen LogP contribution in [0.2, 0.25) is 5.02 Å². The molecule has 0 saturated heterocycles. The molecule has 1 N–H and O–H groups in total. The topological polar surface area (TPSA) is 37.8 Å². The molecule has 5 heteroatoms. The number of nitrogens with zero attached hydrogens (tertiary/aromatic N) is 2. The number of aromatic nitrogens is 2. The Kier molecular flexibility index (Phi) is 3.71. The van der Waals surface area contributed by atoms with Crippen LogP contribution in [-0.2, 0) is 12.8 Å². The third-order valence-electron chi connectivity index (χ3n) is 3.32. The first kappa shape index (κ1) is 12.9. The van der Waals surface area contributed by atoms with Crippen molar-refractivity contribution in [3.05, 3.63) is 27.7 Å². The van der Waals surface area contributed by atoms with E-state index in [4.69, 9.17) is 16.6 Å². The molecular formula is C14H16ClN3S. The number of halogens is 1. The van der Waals surface area contributed by atoms with E-state index in [1.165, 1.54) is 24.1 Å². The van der Waals surface area contributed by atoms with Gasteiger partial charge in [-0.05, 0) is 38.7 Å². The third-order valence-corrected chi connectivity index (χ3v) is 4.59. The summed E-state index contributed by atoms with van der Waals surface area (Å²) in [7, 11) is 0. The van der Waals surface area contributed by atoms with Crippen LogP contribution in [0.15, 0.2) is 11.4 Å². The van der Waals surface area contributed by atoms with E-state index in [-0.39, 0.29) is 0 Å². The Morgan fingerprint density at radius 2 is 2.16 bits per heavy atom. The first-order chi connectivity index (χ1) is 9.28. The van der Waals surface area contributed by atoms with E-state index in [0.717, 1.165) is 40.9 Å². The van der Waals surface area contributed by atoms with Crippen LogP contribution in [0, 0.1) is 0 Å². The van der Waals surface area contributed by atoms with Gasteiger partial charge in [0.15, 0.2) is 5.82 Å². The van der Waals surface area contributed by atoms with Gasteiger partial charge in [-0.25, -0.2) is 9.97 Å². The molecule has 2 aromatic heterocycles. The van der Waals surface area contributed by atoms with E-state index in [2.05, 4.69) is 17.2 Å². The van der Waals surface area contributed by atoms with Crippen LogP contribution in [0.25, 0.3) is 10.7 Å². The second-order valence-electron chi connectivity index (χ2n) is 4.69. The molecule has 19 heavy (non-hydrogen) atoms. The average Bonchev–Trinajstić information content (AvgIpc) is 2.86. The minimum absolute atomic E-state index is 0.756. The Morgan fingerprint density at radius 1 is 1.32 bits per heavy atom. The highest BCUT2D eigenvalue weighted by atomic mass is 35.5. The Bertz CT molecular complexity index is 594. The van der Waals surface area contributed by atoms with Crippen molar-refractivity contribution in [2.75, 3.05) is 11.9 Å². The van der Waals surface area contributed by atoms with E-state index in [1.807, 2.05) is 11.4 Å². The highest BCUT2D eigenvalue weighted by Crippen LogP contribution is 2.32. The van der Waals surface area contributed by atoms with Gasteiger partial charge in [0.25, 0.3) is 0 Å². The van der Waals surface area contributed by atoms with Gasteiger partial charge in [-0.1, -0.05) is 11.6 Å². The smallest absolute Gasteiger partial charge is 0.171 e. The predicted octanol–water partition coefficient (Wildman–Crippen LogP) is 4.17. The van der Waals surface area contributed by atoms with Gasteiger partial charge >= 0.3 is 0 Å². The number of nitrogens with one attached hydrogen (secondary N) is 1. The van der Waals surface area contributed by atoms with Gasteiger partial charge in [0.1, 0.15) is 5.82 Å². The molecule has 1 aliphatic rings. The molecule has 0 atom stereocenters. The van der Waals surface area contributed by atoms with Crippen LogP contribution in [0.3, 0.4) is 0 Å². The minimum Gasteiger partial charge on any atom is -0.370 e. The van der Waals surface area contributed by atoms with Crippen molar-refractivity contribution in [1.29, 1.82) is 0 Å². The van der Waals surface area contributed by atoms with Crippen molar-refractivity contribution in [2.24, 2.45) is 0 Å². The monoisotopic (exact) mass is 293 g/mol. The van der Waals surface area contributed by atoms with Crippen molar-refractivity contribution in [3.63, 3.8) is 0 Å². The number of fused-ring (bicyclic) bond motifs is 1. The Hall–Kier alpha value is -1.13. The predicted molar refractivity (Wildman–Crippen MR) is 81.2 cm³/mol. The van der Waals surface area contributed by atoms with E-state index < -0.39 is 0 Å². The van der Waals surface area contributed by atoms with Crippen molar-refractivity contribution in [2.45, 2.75) is 32.6 Å². The lowest BCUT2D eigenvalue weighted by Crippen LogP contribution is -2.13. The van der Waals surface area contributed by atoms with Crippen LogP contribution in [-0.4, -0.2) is 16.5 Å². The van der Waals surface area contributed by atoms with Crippen molar-refractivity contribution in [1.82, 2.24) is 9.97 Å². The largest absolute Gasteiger partial charge is 0.370 e. The lowest BCUT2D eigenvalue weighted by molar-refractivity contribution is 0.665. The first-order valence-electron chi connectivity index (χ1n) is 6.66. The summed E-state index contributed by atoms with van der Waals surface area (Å²) >= 11 is 7.59. The standard InChI is InChI=1S/C14H16ClN3S/c1-2-16-13-10-5-3-4-6-11(10)17-14(18-13)12-7-9(15)8-19-12/h7-8H,2-6H2,1H3,(H,16,17,18). The van der Waals surface area contributed by atoms with Crippen molar-refractivity contribution < 1.29 is 0 Å². The highest BCUT2D eigenvalue weighted by Gasteiger charge is 2.18. The molecule has 3 rings (SSSR count). The van der Waals surface area contributed by atoms with Crippen molar-refractivity contribution >= 4 is 28.8 Å². The van der Waals surface area contributed by atoms with Crippen LogP contribution in [0.4, 0.5) is 5.82 Å². The van der Waals surface area contributed by atoms with Gasteiger partial charge in [-0.2, -0.15) is 0 Å². The number of thiophene rings is 1. The number of hydrogen-bond donors (Lipinski definition) is 1. The van der Waals surface area contributed by atoms with Gasteiger partial charge < -0.3 is 5.32 Å².